The summed E-state index contributed by atoms with van der Waals surface area (Å²) in [5, 5.41) is 3.44. The first-order valence-corrected chi connectivity index (χ1v) is 8.71. The maximum absolute atomic E-state index is 11.6. The van der Waals surface area contributed by atoms with Crippen molar-refractivity contribution in [3.63, 3.8) is 0 Å². The van der Waals surface area contributed by atoms with Gasteiger partial charge < -0.3 is 5.32 Å². The minimum absolute atomic E-state index is 0.300. The van der Waals surface area contributed by atoms with Crippen molar-refractivity contribution < 1.29 is 8.42 Å². The third kappa shape index (κ3) is 3.73. The minimum Gasteiger partial charge on any atom is -0.384 e. The molecule has 0 heterocycles. The Bertz CT molecular complexity index is 531. The second-order valence-electron chi connectivity index (χ2n) is 5.96. The number of hydrogen-bond donors (Lipinski definition) is 2. The maximum Gasteiger partial charge on any atom is 0.240 e. The highest BCUT2D eigenvalue weighted by Gasteiger charge is 2.26. The van der Waals surface area contributed by atoms with E-state index in [1.807, 2.05) is 12.1 Å². The highest BCUT2D eigenvalue weighted by Crippen LogP contribution is 2.35. The van der Waals surface area contributed by atoms with Crippen LogP contribution in [0, 0.1) is 5.41 Å². The predicted octanol–water partition coefficient (Wildman–Crippen LogP) is 2.98. The van der Waals surface area contributed by atoms with E-state index in [0.29, 0.717) is 10.3 Å². The molecular formula is C15H24N2O2S. The monoisotopic (exact) mass is 296 g/mol. The molecule has 0 saturated heterocycles. The van der Waals surface area contributed by atoms with Crippen molar-refractivity contribution in [3.05, 3.63) is 24.3 Å². The van der Waals surface area contributed by atoms with Crippen LogP contribution in [0.4, 0.5) is 5.69 Å². The van der Waals surface area contributed by atoms with E-state index in [1.54, 1.807) is 12.1 Å². The number of nitrogens with one attached hydrogen (secondary N) is 2. The maximum atomic E-state index is 11.6. The summed E-state index contributed by atoms with van der Waals surface area (Å²) in [5.74, 6) is 0. The van der Waals surface area contributed by atoms with Gasteiger partial charge in [-0.1, -0.05) is 26.2 Å². The Morgan fingerprint density at radius 3 is 2.25 bits per heavy atom. The highest BCUT2D eigenvalue weighted by atomic mass is 32.2. The molecule has 0 atom stereocenters. The van der Waals surface area contributed by atoms with Gasteiger partial charge in [-0.05, 0) is 49.6 Å². The van der Waals surface area contributed by atoms with Crippen LogP contribution in [0.1, 0.15) is 39.0 Å². The molecule has 0 spiro atoms. The average molecular weight is 296 g/mol. The number of sulfonamides is 1. The molecule has 0 radical (unpaired) electrons. The lowest BCUT2D eigenvalue weighted by atomic mass is 9.76. The Morgan fingerprint density at radius 2 is 1.70 bits per heavy atom. The van der Waals surface area contributed by atoms with Crippen LogP contribution in [0.25, 0.3) is 0 Å². The molecule has 1 aromatic rings. The van der Waals surface area contributed by atoms with Gasteiger partial charge in [0, 0.05) is 12.2 Å². The van der Waals surface area contributed by atoms with E-state index in [4.69, 9.17) is 0 Å². The molecule has 1 saturated carbocycles. The fourth-order valence-corrected chi connectivity index (χ4v) is 3.50. The topological polar surface area (TPSA) is 58.2 Å². The van der Waals surface area contributed by atoms with E-state index < -0.39 is 10.0 Å². The summed E-state index contributed by atoms with van der Waals surface area (Å²) in [7, 11) is -1.92. The second kappa shape index (κ2) is 6.14. The summed E-state index contributed by atoms with van der Waals surface area (Å²) in [4.78, 5) is 0.300. The first-order valence-electron chi connectivity index (χ1n) is 7.23. The summed E-state index contributed by atoms with van der Waals surface area (Å²) < 4.78 is 25.6. The van der Waals surface area contributed by atoms with Gasteiger partial charge in [0.25, 0.3) is 0 Å². The molecular weight excluding hydrogens is 272 g/mol. The van der Waals surface area contributed by atoms with Gasteiger partial charge in [0.15, 0.2) is 0 Å². The van der Waals surface area contributed by atoms with E-state index in [9.17, 15) is 8.42 Å². The van der Waals surface area contributed by atoms with Gasteiger partial charge in [-0.25, -0.2) is 13.1 Å². The molecule has 0 aliphatic heterocycles. The SMILES string of the molecule is CNS(=O)(=O)c1ccc(NCC2(C)CCCCC2)cc1. The van der Waals surface area contributed by atoms with E-state index >= 15 is 0 Å². The van der Waals surface area contributed by atoms with Crippen LogP contribution in [-0.4, -0.2) is 22.0 Å². The zero-order valence-corrected chi connectivity index (χ0v) is 13.1. The van der Waals surface area contributed by atoms with Crippen LogP contribution in [-0.2, 0) is 10.0 Å². The Kier molecular flexibility index (Phi) is 4.70. The second-order valence-corrected chi connectivity index (χ2v) is 7.84. The van der Waals surface area contributed by atoms with Gasteiger partial charge in [-0.3, -0.25) is 0 Å². The average Bonchev–Trinajstić information content (AvgIpc) is 2.46. The van der Waals surface area contributed by atoms with Crippen LogP contribution in [0.15, 0.2) is 29.2 Å². The summed E-state index contributed by atoms with van der Waals surface area (Å²) in [6.45, 7) is 3.28. The van der Waals surface area contributed by atoms with Crippen molar-refractivity contribution in [1.82, 2.24) is 4.72 Å². The number of hydrogen-bond acceptors (Lipinski definition) is 3. The summed E-state index contributed by atoms with van der Waals surface area (Å²) in [6.07, 6.45) is 6.53. The van der Waals surface area contributed by atoms with Gasteiger partial charge in [-0.15, -0.1) is 0 Å². The molecule has 1 fully saturated rings. The van der Waals surface area contributed by atoms with Gasteiger partial charge in [-0.2, -0.15) is 0 Å². The molecule has 1 aliphatic rings. The van der Waals surface area contributed by atoms with Crippen LogP contribution in [0.3, 0.4) is 0 Å². The molecule has 2 N–H and O–H groups in total. The van der Waals surface area contributed by atoms with Crippen molar-refractivity contribution >= 4 is 15.7 Å². The lowest BCUT2D eigenvalue weighted by Gasteiger charge is -2.34. The van der Waals surface area contributed by atoms with Crippen LogP contribution < -0.4 is 10.0 Å². The van der Waals surface area contributed by atoms with E-state index in [1.165, 1.54) is 39.2 Å². The van der Waals surface area contributed by atoms with Crippen molar-refractivity contribution in [1.29, 1.82) is 0 Å². The fraction of sp³-hybridized carbons (Fsp3) is 0.600. The molecule has 112 valence electrons. The molecule has 1 aliphatic carbocycles. The molecule has 0 bridgehead atoms. The quantitative estimate of drug-likeness (QED) is 0.878. The van der Waals surface area contributed by atoms with Crippen LogP contribution >= 0.6 is 0 Å². The Morgan fingerprint density at radius 1 is 1.10 bits per heavy atom. The standard InChI is InChI=1S/C15H24N2O2S/c1-15(10-4-3-5-11-15)12-17-13-6-8-14(9-7-13)20(18,19)16-2/h6-9,16-17H,3-5,10-12H2,1-2H3. The van der Waals surface area contributed by atoms with Crippen LogP contribution in [0.2, 0.25) is 0 Å². The summed E-state index contributed by atoms with van der Waals surface area (Å²) in [5.41, 5.74) is 1.35. The minimum atomic E-state index is -3.34. The number of anilines is 1. The molecule has 0 aromatic heterocycles. The number of benzene rings is 1. The van der Waals surface area contributed by atoms with Crippen molar-refractivity contribution in [3.8, 4) is 0 Å². The zero-order chi connectivity index (χ0) is 14.6. The molecule has 20 heavy (non-hydrogen) atoms. The molecule has 0 unspecified atom stereocenters. The van der Waals surface area contributed by atoms with Gasteiger partial charge in [0.1, 0.15) is 0 Å². The normalized spacial score (nSPS) is 18.7. The number of rotatable bonds is 5. The van der Waals surface area contributed by atoms with E-state index in [2.05, 4.69) is 17.0 Å². The zero-order valence-electron chi connectivity index (χ0n) is 12.3. The van der Waals surface area contributed by atoms with Crippen molar-refractivity contribution in [2.75, 3.05) is 18.9 Å². The summed E-state index contributed by atoms with van der Waals surface area (Å²) >= 11 is 0. The smallest absolute Gasteiger partial charge is 0.240 e. The summed E-state index contributed by atoms with van der Waals surface area (Å²) in [6, 6.07) is 6.93. The highest BCUT2D eigenvalue weighted by molar-refractivity contribution is 7.89. The lowest BCUT2D eigenvalue weighted by molar-refractivity contribution is 0.233. The Balaban J connectivity index is 1.97. The Hall–Kier alpha value is -1.07. The third-order valence-corrected chi connectivity index (χ3v) is 5.64. The third-order valence-electron chi connectivity index (χ3n) is 4.21. The van der Waals surface area contributed by atoms with Crippen molar-refractivity contribution in [2.24, 2.45) is 5.41 Å². The molecule has 2 rings (SSSR count). The fourth-order valence-electron chi connectivity index (χ4n) is 2.77. The first kappa shape index (κ1) is 15.3. The Labute approximate surface area is 122 Å². The van der Waals surface area contributed by atoms with E-state index in [-0.39, 0.29) is 0 Å². The van der Waals surface area contributed by atoms with E-state index in [0.717, 1.165) is 12.2 Å². The van der Waals surface area contributed by atoms with Crippen LogP contribution in [0.5, 0.6) is 0 Å². The molecule has 5 heteroatoms. The lowest BCUT2D eigenvalue weighted by Crippen LogP contribution is -2.28. The van der Waals surface area contributed by atoms with Gasteiger partial charge in [0.05, 0.1) is 4.90 Å². The molecule has 4 nitrogen and oxygen atoms in total. The van der Waals surface area contributed by atoms with Gasteiger partial charge >= 0.3 is 0 Å². The predicted molar refractivity (Wildman–Crippen MR) is 82.4 cm³/mol. The molecule has 0 amide bonds. The van der Waals surface area contributed by atoms with Crippen molar-refractivity contribution in [2.45, 2.75) is 43.9 Å². The first-order chi connectivity index (χ1) is 9.45. The van der Waals surface area contributed by atoms with Gasteiger partial charge in [0.2, 0.25) is 10.0 Å². The largest absolute Gasteiger partial charge is 0.384 e. The molecule has 1 aromatic carbocycles.